The Hall–Kier alpha value is -3.99. The van der Waals surface area contributed by atoms with Gasteiger partial charge >= 0.3 is 0 Å². The Kier molecular flexibility index (Phi) is 5.26. The van der Waals surface area contributed by atoms with E-state index in [4.69, 9.17) is 10.2 Å². The molecule has 2 amide bonds. The first-order valence-electron chi connectivity index (χ1n) is 8.73. The van der Waals surface area contributed by atoms with E-state index in [1.54, 1.807) is 36.7 Å². The predicted molar refractivity (Wildman–Crippen MR) is 106 cm³/mol. The van der Waals surface area contributed by atoms with Crippen LogP contribution in [0.25, 0.3) is 22.4 Å². The summed E-state index contributed by atoms with van der Waals surface area (Å²) in [5.41, 5.74) is 7.07. The van der Waals surface area contributed by atoms with Gasteiger partial charge in [-0.15, -0.1) is 0 Å². The molecule has 11 heteroatoms. The summed E-state index contributed by atoms with van der Waals surface area (Å²) in [4.78, 5) is 44.9. The first kappa shape index (κ1) is 19.3. The third-order valence-electron chi connectivity index (χ3n) is 4.36. The molecule has 150 valence electrons. The molecule has 0 aliphatic rings. The summed E-state index contributed by atoms with van der Waals surface area (Å²) in [6.07, 6.45) is 6.12. The van der Waals surface area contributed by atoms with Gasteiger partial charge in [-0.25, -0.2) is 0 Å². The minimum absolute atomic E-state index is 0.00100. The van der Waals surface area contributed by atoms with E-state index in [0.29, 0.717) is 22.2 Å². The lowest BCUT2D eigenvalue weighted by Crippen LogP contribution is -2.47. The predicted octanol–water partition coefficient (Wildman–Crippen LogP) is 1.14. The Labute approximate surface area is 173 Å². The molecule has 0 fully saturated rings. The number of furan rings is 1. The summed E-state index contributed by atoms with van der Waals surface area (Å²) in [5.74, 6) is -2.76. The lowest BCUT2D eigenvalue weighted by molar-refractivity contribution is -0.137. The molecule has 1 unspecified atom stereocenters. The van der Waals surface area contributed by atoms with Gasteiger partial charge in [-0.05, 0) is 18.2 Å². The van der Waals surface area contributed by atoms with Gasteiger partial charge in [-0.3, -0.25) is 24.4 Å². The molecule has 0 bridgehead atoms. The summed E-state index contributed by atoms with van der Waals surface area (Å²) in [7, 11) is 0. The van der Waals surface area contributed by atoms with E-state index in [-0.39, 0.29) is 17.8 Å². The molecule has 4 aromatic rings. The SMILES string of the molecule is NC(=O)C(=O)C(Cc1coc2cnccc12)NC(=O)c1nsnc1-c1ccccn1. The number of amides is 2. The van der Waals surface area contributed by atoms with Crippen molar-refractivity contribution in [1.29, 1.82) is 0 Å². The van der Waals surface area contributed by atoms with Crippen LogP contribution in [0, 0.1) is 0 Å². The third kappa shape index (κ3) is 3.78. The molecule has 0 spiro atoms. The lowest BCUT2D eigenvalue weighted by Gasteiger charge is -2.15. The Morgan fingerprint density at radius 3 is 2.80 bits per heavy atom. The number of nitrogens with two attached hydrogens (primary N) is 1. The van der Waals surface area contributed by atoms with Crippen molar-refractivity contribution in [2.75, 3.05) is 0 Å². The maximum atomic E-state index is 12.9. The van der Waals surface area contributed by atoms with E-state index in [0.717, 1.165) is 11.7 Å². The first-order chi connectivity index (χ1) is 14.5. The fraction of sp³-hybridized carbons (Fsp3) is 0.105. The van der Waals surface area contributed by atoms with Crippen LogP contribution in [0.15, 0.2) is 53.5 Å². The van der Waals surface area contributed by atoms with Gasteiger partial charge in [-0.1, -0.05) is 6.07 Å². The number of carbonyl (C=O) groups excluding carboxylic acids is 3. The second-order valence-corrected chi connectivity index (χ2v) is 6.80. The number of hydrogen-bond donors (Lipinski definition) is 2. The summed E-state index contributed by atoms with van der Waals surface area (Å²) < 4.78 is 13.6. The van der Waals surface area contributed by atoms with Crippen molar-refractivity contribution in [3.8, 4) is 11.4 Å². The third-order valence-corrected chi connectivity index (χ3v) is 4.89. The minimum atomic E-state index is -1.21. The Morgan fingerprint density at radius 1 is 1.17 bits per heavy atom. The van der Waals surface area contributed by atoms with E-state index in [9.17, 15) is 14.4 Å². The topological polar surface area (TPSA) is 154 Å². The van der Waals surface area contributed by atoms with Crippen molar-refractivity contribution in [3.63, 3.8) is 0 Å². The molecule has 0 radical (unpaired) electrons. The highest BCUT2D eigenvalue weighted by Gasteiger charge is 2.29. The van der Waals surface area contributed by atoms with Crippen molar-refractivity contribution in [2.45, 2.75) is 12.5 Å². The van der Waals surface area contributed by atoms with Crippen molar-refractivity contribution >= 4 is 40.3 Å². The van der Waals surface area contributed by atoms with Crippen LogP contribution in [-0.4, -0.2) is 42.4 Å². The summed E-state index contributed by atoms with van der Waals surface area (Å²) in [5, 5.41) is 3.26. The van der Waals surface area contributed by atoms with E-state index < -0.39 is 23.6 Å². The number of hydrogen-bond acceptors (Lipinski definition) is 9. The number of aromatic nitrogens is 4. The Balaban J connectivity index is 1.62. The van der Waals surface area contributed by atoms with Gasteiger partial charge in [0.2, 0.25) is 5.78 Å². The number of carbonyl (C=O) groups is 3. The second-order valence-electron chi connectivity index (χ2n) is 6.27. The maximum absolute atomic E-state index is 12.9. The first-order valence-corrected chi connectivity index (χ1v) is 9.46. The largest absolute Gasteiger partial charge is 0.462 e. The van der Waals surface area contributed by atoms with Crippen molar-refractivity contribution in [1.82, 2.24) is 24.0 Å². The molecule has 0 aliphatic carbocycles. The fourth-order valence-corrected chi connectivity index (χ4v) is 3.48. The quantitative estimate of drug-likeness (QED) is 0.420. The number of rotatable bonds is 7. The van der Waals surface area contributed by atoms with Gasteiger partial charge in [0.15, 0.2) is 11.3 Å². The fourth-order valence-electron chi connectivity index (χ4n) is 2.93. The van der Waals surface area contributed by atoms with Gasteiger partial charge < -0.3 is 15.5 Å². The zero-order valence-corrected chi connectivity index (χ0v) is 16.1. The average Bonchev–Trinajstić information content (AvgIpc) is 3.41. The summed E-state index contributed by atoms with van der Waals surface area (Å²) >= 11 is 0.839. The number of fused-ring (bicyclic) bond motifs is 1. The second kappa shape index (κ2) is 8.17. The van der Waals surface area contributed by atoms with Crippen LogP contribution < -0.4 is 11.1 Å². The molecule has 1 atom stereocenters. The van der Waals surface area contributed by atoms with Crippen molar-refractivity contribution in [2.24, 2.45) is 5.73 Å². The molecule has 0 aliphatic heterocycles. The molecular weight excluding hydrogens is 408 g/mol. The number of nitrogens with one attached hydrogen (secondary N) is 1. The highest BCUT2D eigenvalue weighted by atomic mass is 32.1. The van der Waals surface area contributed by atoms with E-state index >= 15 is 0 Å². The van der Waals surface area contributed by atoms with E-state index in [2.05, 4.69) is 24.0 Å². The number of primary amides is 1. The normalized spacial score (nSPS) is 11.9. The van der Waals surface area contributed by atoms with Gasteiger partial charge in [0.25, 0.3) is 11.8 Å². The summed E-state index contributed by atoms with van der Waals surface area (Å²) in [6.45, 7) is 0. The molecular formula is C19H14N6O4S. The van der Waals surface area contributed by atoms with Crippen LogP contribution in [0.3, 0.4) is 0 Å². The van der Waals surface area contributed by atoms with Gasteiger partial charge in [0, 0.05) is 29.8 Å². The minimum Gasteiger partial charge on any atom is -0.462 e. The molecule has 0 saturated heterocycles. The molecule has 0 aromatic carbocycles. The smallest absolute Gasteiger partial charge is 0.287 e. The number of Topliss-reactive ketones (excluding diaryl/α,β-unsaturated/α-hetero) is 1. The van der Waals surface area contributed by atoms with Crippen LogP contribution in [0.1, 0.15) is 16.1 Å². The molecule has 10 nitrogen and oxygen atoms in total. The van der Waals surface area contributed by atoms with E-state index in [1.165, 1.54) is 12.5 Å². The molecule has 4 heterocycles. The van der Waals surface area contributed by atoms with Gasteiger partial charge in [0.1, 0.15) is 11.7 Å². The Bertz CT molecular complexity index is 1240. The van der Waals surface area contributed by atoms with Crippen LogP contribution in [0.5, 0.6) is 0 Å². The standard InChI is InChI=1S/C19H14N6O4S/c20-18(27)17(26)13(7-10-9-29-14-8-21-6-4-11(10)14)23-19(28)16-15(24-30-25-16)12-3-1-2-5-22-12/h1-6,8-9,13H,7H2,(H2,20,27)(H,23,28). The van der Waals surface area contributed by atoms with E-state index in [1.807, 2.05) is 0 Å². The number of nitrogens with zero attached hydrogens (tertiary/aromatic N) is 4. The molecule has 30 heavy (non-hydrogen) atoms. The zero-order chi connectivity index (χ0) is 21.1. The van der Waals surface area contributed by atoms with Crippen molar-refractivity contribution in [3.05, 3.63) is 60.4 Å². The lowest BCUT2D eigenvalue weighted by atomic mass is 10.0. The van der Waals surface area contributed by atoms with Gasteiger partial charge in [0.05, 0.1) is 29.9 Å². The number of pyridine rings is 2. The van der Waals surface area contributed by atoms with Crippen LogP contribution >= 0.6 is 11.7 Å². The Morgan fingerprint density at radius 2 is 2.03 bits per heavy atom. The molecule has 0 saturated carbocycles. The monoisotopic (exact) mass is 422 g/mol. The van der Waals surface area contributed by atoms with Crippen LogP contribution in [-0.2, 0) is 16.0 Å². The number of ketones is 1. The maximum Gasteiger partial charge on any atom is 0.287 e. The molecule has 3 N–H and O–H groups in total. The van der Waals surface area contributed by atoms with Crippen molar-refractivity contribution < 1.29 is 18.8 Å². The average molecular weight is 422 g/mol. The molecule has 4 rings (SSSR count). The highest BCUT2D eigenvalue weighted by molar-refractivity contribution is 6.99. The highest BCUT2D eigenvalue weighted by Crippen LogP contribution is 2.22. The zero-order valence-electron chi connectivity index (χ0n) is 15.3. The molecule has 4 aromatic heterocycles. The van der Waals surface area contributed by atoms with Gasteiger partial charge in [-0.2, -0.15) is 8.75 Å². The van der Waals surface area contributed by atoms with Crippen LogP contribution in [0.2, 0.25) is 0 Å². The van der Waals surface area contributed by atoms with Crippen LogP contribution in [0.4, 0.5) is 0 Å². The summed E-state index contributed by atoms with van der Waals surface area (Å²) in [6, 6.07) is 5.68.